The Hall–Kier alpha value is -0.860. The number of nitrogens with one attached hydrogen (secondary N) is 1. The maximum atomic E-state index is 3.46. The lowest BCUT2D eigenvalue weighted by atomic mass is 10.1. The Labute approximate surface area is 124 Å². The van der Waals surface area contributed by atoms with Gasteiger partial charge in [0.05, 0.1) is 0 Å². The predicted molar refractivity (Wildman–Crippen MR) is 87.1 cm³/mol. The van der Waals surface area contributed by atoms with Crippen LogP contribution >= 0.6 is 0 Å². The second kappa shape index (κ2) is 9.15. The zero-order valence-electron chi connectivity index (χ0n) is 13.0. The molecule has 1 N–H and O–H groups in total. The van der Waals surface area contributed by atoms with Crippen molar-refractivity contribution in [3.63, 3.8) is 0 Å². The van der Waals surface area contributed by atoms with E-state index in [-0.39, 0.29) is 0 Å². The van der Waals surface area contributed by atoms with Gasteiger partial charge in [-0.05, 0) is 63.0 Å². The molecule has 2 nitrogen and oxygen atoms in total. The van der Waals surface area contributed by atoms with E-state index in [1.807, 2.05) is 0 Å². The first-order valence-corrected chi connectivity index (χ1v) is 8.39. The van der Waals surface area contributed by atoms with Gasteiger partial charge in [0.25, 0.3) is 0 Å². The van der Waals surface area contributed by atoms with Gasteiger partial charge >= 0.3 is 0 Å². The van der Waals surface area contributed by atoms with Gasteiger partial charge in [0.1, 0.15) is 0 Å². The van der Waals surface area contributed by atoms with Crippen molar-refractivity contribution >= 4 is 0 Å². The summed E-state index contributed by atoms with van der Waals surface area (Å²) in [5.74, 6) is 0. The van der Waals surface area contributed by atoms with Crippen LogP contribution in [0.15, 0.2) is 24.3 Å². The van der Waals surface area contributed by atoms with E-state index in [1.165, 1.54) is 56.3 Å². The summed E-state index contributed by atoms with van der Waals surface area (Å²) in [7, 11) is 0. The second-order valence-corrected chi connectivity index (χ2v) is 6.01. The molecule has 0 aromatic heterocycles. The predicted octanol–water partition coefficient (Wildman–Crippen LogP) is 3.60. The fourth-order valence-corrected chi connectivity index (χ4v) is 2.90. The minimum Gasteiger partial charge on any atom is -0.316 e. The molecule has 1 saturated heterocycles. The van der Waals surface area contributed by atoms with Crippen molar-refractivity contribution in [3.05, 3.63) is 35.4 Å². The number of likely N-dealkylation sites (tertiary alicyclic amines) is 1. The van der Waals surface area contributed by atoms with Crippen molar-refractivity contribution in [2.75, 3.05) is 26.2 Å². The van der Waals surface area contributed by atoms with Gasteiger partial charge in [-0.2, -0.15) is 0 Å². The van der Waals surface area contributed by atoms with Crippen LogP contribution in [-0.2, 0) is 13.0 Å². The molecule has 0 atom stereocenters. The van der Waals surface area contributed by atoms with Gasteiger partial charge in [-0.25, -0.2) is 0 Å². The highest BCUT2D eigenvalue weighted by atomic mass is 15.1. The van der Waals surface area contributed by atoms with Crippen LogP contribution in [0.1, 0.15) is 50.2 Å². The maximum Gasteiger partial charge on any atom is 0.0233 e. The van der Waals surface area contributed by atoms with Crippen molar-refractivity contribution in [3.8, 4) is 0 Å². The van der Waals surface area contributed by atoms with Gasteiger partial charge in [0, 0.05) is 6.54 Å². The summed E-state index contributed by atoms with van der Waals surface area (Å²) in [6.45, 7) is 8.14. The first-order chi connectivity index (χ1) is 9.88. The zero-order valence-corrected chi connectivity index (χ0v) is 13.0. The Morgan fingerprint density at radius 2 is 1.55 bits per heavy atom. The third kappa shape index (κ3) is 5.64. The average Bonchev–Trinajstić information content (AvgIpc) is 2.74. The van der Waals surface area contributed by atoms with E-state index in [0.29, 0.717) is 0 Å². The van der Waals surface area contributed by atoms with E-state index < -0.39 is 0 Å². The summed E-state index contributed by atoms with van der Waals surface area (Å²) < 4.78 is 0. The second-order valence-electron chi connectivity index (χ2n) is 6.01. The molecule has 0 radical (unpaired) electrons. The third-order valence-electron chi connectivity index (χ3n) is 4.15. The normalized spacial score (nSPS) is 17.1. The quantitative estimate of drug-likeness (QED) is 0.764. The highest BCUT2D eigenvalue weighted by Crippen LogP contribution is 2.14. The largest absolute Gasteiger partial charge is 0.316 e. The highest BCUT2D eigenvalue weighted by molar-refractivity contribution is 5.22. The minimum atomic E-state index is 1.10. The van der Waals surface area contributed by atoms with E-state index in [1.54, 1.807) is 0 Å². The highest BCUT2D eigenvalue weighted by Gasteiger charge is 2.09. The molecule has 0 amide bonds. The minimum absolute atomic E-state index is 1.10. The molecular weight excluding hydrogens is 244 g/mol. The molecule has 0 unspecified atom stereocenters. The number of benzene rings is 1. The summed E-state index contributed by atoms with van der Waals surface area (Å²) in [5, 5.41) is 3.46. The van der Waals surface area contributed by atoms with Crippen LogP contribution in [0.25, 0.3) is 0 Å². The molecule has 20 heavy (non-hydrogen) atoms. The van der Waals surface area contributed by atoms with E-state index in [9.17, 15) is 0 Å². The van der Waals surface area contributed by atoms with Crippen LogP contribution in [0.2, 0.25) is 0 Å². The molecule has 0 bridgehead atoms. The van der Waals surface area contributed by atoms with Gasteiger partial charge < -0.3 is 5.32 Å². The fraction of sp³-hybridized carbons (Fsp3) is 0.667. The number of hydrogen-bond donors (Lipinski definition) is 1. The van der Waals surface area contributed by atoms with Crippen molar-refractivity contribution in [2.45, 2.75) is 52.0 Å². The molecular formula is C18H30N2. The molecule has 1 aliphatic heterocycles. The summed E-state index contributed by atoms with van der Waals surface area (Å²) in [4.78, 5) is 2.62. The van der Waals surface area contributed by atoms with Crippen LogP contribution in [0.3, 0.4) is 0 Å². The van der Waals surface area contributed by atoms with Gasteiger partial charge in [0.2, 0.25) is 0 Å². The first kappa shape index (κ1) is 15.5. The van der Waals surface area contributed by atoms with Gasteiger partial charge in [0.15, 0.2) is 0 Å². The smallest absolute Gasteiger partial charge is 0.0233 e. The molecule has 0 spiro atoms. The molecule has 0 saturated carbocycles. The summed E-state index contributed by atoms with van der Waals surface area (Å²) in [6, 6.07) is 9.25. The SMILES string of the molecule is CCCNCCc1ccc(CN2CCCCCC2)cc1. The van der Waals surface area contributed by atoms with E-state index in [4.69, 9.17) is 0 Å². The zero-order chi connectivity index (χ0) is 14.0. The molecule has 1 aliphatic rings. The van der Waals surface area contributed by atoms with Crippen LogP contribution in [-0.4, -0.2) is 31.1 Å². The van der Waals surface area contributed by atoms with Crippen molar-refractivity contribution < 1.29 is 0 Å². The molecule has 1 aromatic carbocycles. The molecule has 1 aromatic rings. The summed E-state index contributed by atoms with van der Waals surface area (Å²) in [5.41, 5.74) is 2.92. The number of rotatable bonds is 7. The fourth-order valence-electron chi connectivity index (χ4n) is 2.90. The van der Waals surface area contributed by atoms with Gasteiger partial charge in [-0.15, -0.1) is 0 Å². The lowest BCUT2D eigenvalue weighted by Gasteiger charge is -2.19. The Morgan fingerprint density at radius 3 is 2.20 bits per heavy atom. The topological polar surface area (TPSA) is 15.3 Å². The van der Waals surface area contributed by atoms with Crippen molar-refractivity contribution in [2.24, 2.45) is 0 Å². The molecule has 112 valence electrons. The standard InChI is InChI=1S/C18H30N2/c1-2-12-19-13-11-17-7-9-18(10-8-17)16-20-14-5-3-4-6-15-20/h7-10,19H,2-6,11-16H2,1H3. The molecule has 1 heterocycles. The average molecular weight is 274 g/mol. The molecule has 1 fully saturated rings. The van der Waals surface area contributed by atoms with E-state index in [0.717, 1.165) is 26.1 Å². The summed E-state index contributed by atoms with van der Waals surface area (Å²) >= 11 is 0. The van der Waals surface area contributed by atoms with Crippen LogP contribution < -0.4 is 5.32 Å². The lowest BCUT2D eigenvalue weighted by Crippen LogP contribution is -2.23. The maximum absolute atomic E-state index is 3.46. The Bertz CT molecular complexity index is 350. The van der Waals surface area contributed by atoms with Crippen molar-refractivity contribution in [1.29, 1.82) is 0 Å². The van der Waals surface area contributed by atoms with Gasteiger partial charge in [-0.1, -0.05) is 44.0 Å². The van der Waals surface area contributed by atoms with Crippen LogP contribution in [0.5, 0.6) is 0 Å². The first-order valence-electron chi connectivity index (χ1n) is 8.39. The molecule has 2 heteroatoms. The molecule has 2 rings (SSSR count). The van der Waals surface area contributed by atoms with Gasteiger partial charge in [-0.3, -0.25) is 4.90 Å². The summed E-state index contributed by atoms with van der Waals surface area (Å²) in [6.07, 6.45) is 7.95. The van der Waals surface area contributed by atoms with E-state index >= 15 is 0 Å². The monoisotopic (exact) mass is 274 g/mol. The Morgan fingerprint density at radius 1 is 0.900 bits per heavy atom. The number of hydrogen-bond acceptors (Lipinski definition) is 2. The number of nitrogens with zero attached hydrogens (tertiary/aromatic N) is 1. The Kier molecular flexibility index (Phi) is 7.10. The molecule has 0 aliphatic carbocycles. The Balaban J connectivity index is 1.75. The third-order valence-corrected chi connectivity index (χ3v) is 4.15. The van der Waals surface area contributed by atoms with E-state index in [2.05, 4.69) is 41.4 Å². The lowest BCUT2D eigenvalue weighted by molar-refractivity contribution is 0.277. The van der Waals surface area contributed by atoms with Crippen LogP contribution in [0.4, 0.5) is 0 Å². The van der Waals surface area contributed by atoms with Crippen molar-refractivity contribution in [1.82, 2.24) is 10.2 Å². The van der Waals surface area contributed by atoms with Crippen LogP contribution in [0, 0.1) is 0 Å².